The number of rotatable bonds is 7. The summed E-state index contributed by atoms with van der Waals surface area (Å²) in [6.07, 6.45) is 0. The van der Waals surface area contributed by atoms with Gasteiger partial charge in [0.1, 0.15) is 23.8 Å². The van der Waals surface area contributed by atoms with E-state index in [1.807, 2.05) is 0 Å². The average molecular weight is 446 g/mol. The van der Waals surface area contributed by atoms with Crippen LogP contribution in [-0.2, 0) is 9.47 Å². The number of carbonyl (C=O) groups is 2. The molecule has 0 unspecified atom stereocenters. The summed E-state index contributed by atoms with van der Waals surface area (Å²) in [4.78, 5) is 24.4. The summed E-state index contributed by atoms with van der Waals surface area (Å²) in [5, 5.41) is 2.87. The first-order chi connectivity index (χ1) is 14.9. The van der Waals surface area contributed by atoms with Crippen LogP contribution in [0.5, 0.6) is 0 Å². The van der Waals surface area contributed by atoms with Gasteiger partial charge in [0.05, 0.1) is 12.2 Å². The Kier molecular flexibility index (Phi) is 7.33. The molecule has 3 rings (SSSR count). The number of halogens is 3. The van der Waals surface area contributed by atoms with Crippen molar-refractivity contribution in [1.29, 1.82) is 0 Å². The molecule has 3 aromatic rings. The van der Waals surface area contributed by atoms with E-state index in [9.17, 15) is 18.4 Å². The molecule has 0 radical (unpaired) electrons. The zero-order valence-electron chi connectivity index (χ0n) is 16.5. The van der Waals surface area contributed by atoms with Crippen LogP contribution < -0.4 is 5.32 Å². The van der Waals surface area contributed by atoms with Crippen LogP contribution in [0, 0.1) is 11.6 Å². The topological polar surface area (TPSA) is 64.6 Å². The predicted molar refractivity (Wildman–Crippen MR) is 113 cm³/mol. The Balaban J connectivity index is 1.77. The lowest BCUT2D eigenvalue weighted by molar-refractivity contribution is 0.0388. The number of hydrogen-bond acceptors (Lipinski definition) is 4. The summed E-state index contributed by atoms with van der Waals surface area (Å²) < 4.78 is 37.5. The highest BCUT2D eigenvalue weighted by Crippen LogP contribution is 2.30. The molecule has 160 valence electrons. The largest absolute Gasteiger partial charge is 0.460 e. The molecule has 0 saturated heterocycles. The molecule has 0 aliphatic carbocycles. The zero-order valence-corrected chi connectivity index (χ0v) is 17.2. The maximum Gasteiger partial charge on any atom is 0.338 e. The highest BCUT2D eigenvalue weighted by molar-refractivity contribution is 6.33. The number of nitrogens with one attached hydrogen (secondary N) is 1. The number of benzene rings is 3. The SMILES string of the molecule is COCCOC(=O)c1ccc(Cl)c(-c2ccc(NC(=O)c3c(F)cccc3F)cc2)c1. The maximum absolute atomic E-state index is 13.8. The van der Waals surface area contributed by atoms with E-state index in [1.54, 1.807) is 42.5 Å². The van der Waals surface area contributed by atoms with Gasteiger partial charge in [0.25, 0.3) is 5.91 Å². The normalized spacial score (nSPS) is 10.6. The van der Waals surface area contributed by atoms with Crippen LogP contribution in [0.15, 0.2) is 60.7 Å². The van der Waals surface area contributed by atoms with Crippen LogP contribution in [0.25, 0.3) is 11.1 Å². The van der Waals surface area contributed by atoms with Gasteiger partial charge >= 0.3 is 5.97 Å². The molecule has 0 heterocycles. The van der Waals surface area contributed by atoms with Crippen LogP contribution in [0.3, 0.4) is 0 Å². The average Bonchev–Trinajstić information content (AvgIpc) is 2.75. The van der Waals surface area contributed by atoms with E-state index in [-0.39, 0.29) is 13.2 Å². The first kappa shape index (κ1) is 22.4. The molecule has 1 amide bonds. The van der Waals surface area contributed by atoms with Crippen molar-refractivity contribution < 1.29 is 27.8 Å². The van der Waals surface area contributed by atoms with E-state index in [2.05, 4.69) is 5.32 Å². The number of amides is 1. The molecule has 5 nitrogen and oxygen atoms in total. The second kappa shape index (κ2) is 10.1. The minimum Gasteiger partial charge on any atom is -0.460 e. The van der Waals surface area contributed by atoms with Gasteiger partial charge in [-0.1, -0.05) is 29.8 Å². The number of carbonyl (C=O) groups excluding carboxylic acids is 2. The lowest BCUT2D eigenvalue weighted by atomic mass is 10.0. The van der Waals surface area contributed by atoms with Crippen molar-refractivity contribution >= 4 is 29.2 Å². The summed E-state index contributed by atoms with van der Waals surface area (Å²) >= 11 is 6.28. The first-order valence-electron chi connectivity index (χ1n) is 9.22. The van der Waals surface area contributed by atoms with Gasteiger partial charge in [-0.25, -0.2) is 13.6 Å². The molecular weight excluding hydrogens is 428 g/mol. The number of methoxy groups -OCH3 is 1. The van der Waals surface area contributed by atoms with Crippen molar-refractivity contribution in [2.45, 2.75) is 0 Å². The van der Waals surface area contributed by atoms with Gasteiger partial charge in [-0.2, -0.15) is 0 Å². The smallest absolute Gasteiger partial charge is 0.338 e. The van der Waals surface area contributed by atoms with E-state index >= 15 is 0 Å². The van der Waals surface area contributed by atoms with Gasteiger partial charge in [0.2, 0.25) is 0 Å². The van der Waals surface area contributed by atoms with Gasteiger partial charge in [-0.05, 0) is 48.0 Å². The second-order valence-corrected chi connectivity index (χ2v) is 6.86. The molecule has 0 aliphatic rings. The fourth-order valence-electron chi connectivity index (χ4n) is 2.82. The Morgan fingerprint density at radius 2 is 1.65 bits per heavy atom. The number of anilines is 1. The fraction of sp³-hybridized carbons (Fsp3) is 0.130. The first-order valence-corrected chi connectivity index (χ1v) is 9.60. The van der Waals surface area contributed by atoms with E-state index in [0.29, 0.717) is 27.4 Å². The van der Waals surface area contributed by atoms with Crippen molar-refractivity contribution in [2.24, 2.45) is 0 Å². The molecule has 0 aromatic heterocycles. The van der Waals surface area contributed by atoms with Crippen molar-refractivity contribution in [2.75, 3.05) is 25.6 Å². The minimum absolute atomic E-state index is 0.129. The molecule has 31 heavy (non-hydrogen) atoms. The molecule has 1 N–H and O–H groups in total. The van der Waals surface area contributed by atoms with Gasteiger partial charge < -0.3 is 14.8 Å². The molecule has 0 bridgehead atoms. The Bertz CT molecular complexity index is 1080. The van der Waals surface area contributed by atoms with Gasteiger partial charge in [-0.3, -0.25) is 4.79 Å². The Morgan fingerprint density at radius 1 is 0.968 bits per heavy atom. The standard InChI is InChI=1S/C23H18ClF2NO4/c1-30-11-12-31-23(29)15-7-10-18(24)17(13-15)14-5-8-16(9-6-14)27-22(28)21-19(25)3-2-4-20(21)26/h2-10,13H,11-12H2,1H3,(H,27,28). The Hall–Kier alpha value is -3.29. The van der Waals surface area contributed by atoms with Crippen molar-refractivity contribution in [1.82, 2.24) is 0 Å². The third-order valence-electron chi connectivity index (χ3n) is 4.37. The summed E-state index contributed by atoms with van der Waals surface area (Å²) in [6, 6.07) is 14.4. The molecule has 0 atom stereocenters. The summed E-state index contributed by atoms with van der Waals surface area (Å²) in [7, 11) is 1.51. The minimum atomic E-state index is -0.949. The lowest BCUT2D eigenvalue weighted by Gasteiger charge is -2.10. The van der Waals surface area contributed by atoms with Crippen LogP contribution in [-0.4, -0.2) is 32.2 Å². The van der Waals surface area contributed by atoms with E-state index in [1.165, 1.54) is 13.2 Å². The van der Waals surface area contributed by atoms with Crippen LogP contribution in [0.1, 0.15) is 20.7 Å². The molecule has 0 aliphatic heterocycles. The van der Waals surface area contributed by atoms with Crippen molar-refractivity contribution in [3.05, 3.63) is 88.4 Å². The highest BCUT2D eigenvalue weighted by Gasteiger charge is 2.17. The van der Waals surface area contributed by atoms with Gasteiger partial charge in [0, 0.05) is 23.4 Å². The molecule has 8 heteroatoms. The summed E-state index contributed by atoms with van der Waals surface area (Å²) in [5.41, 5.74) is 1.26. The maximum atomic E-state index is 13.8. The number of ether oxygens (including phenoxy) is 2. The van der Waals surface area contributed by atoms with Crippen molar-refractivity contribution in [3.63, 3.8) is 0 Å². The van der Waals surface area contributed by atoms with E-state index < -0.39 is 29.1 Å². The van der Waals surface area contributed by atoms with Crippen LogP contribution in [0.2, 0.25) is 5.02 Å². The third-order valence-corrected chi connectivity index (χ3v) is 4.70. The van der Waals surface area contributed by atoms with Crippen LogP contribution in [0.4, 0.5) is 14.5 Å². The van der Waals surface area contributed by atoms with Crippen molar-refractivity contribution in [3.8, 4) is 11.1 Å². The third kappa shape index (κ3) is 5.45. The molecule has 0 saturated carbocycles. The number of esters is 1. The summed E-state index contributed by atoms with van der Waals surface area (Å²) in [5.74, 6) is -3.31. The zero-order chi connectivity index (χ0) is 22.4. The fourth-order valence-corrected chi connectivity index (χ4v) is 3.04. The highest BCUT2D eigenvalue weighted by atomic mass is 35.5. The molecule has 0 spiro atoms. The Morgan fingerprint density at radius 3 is 2.29 bits per heavy atom. The number of hydrogen-bond donors (Lipinski definition) is 1. The van der Waals surface area contributed by atoms with E-state index in [4.69, 9.17) is 21.1 Å². The Labute approximate surface area is 182 Å². The molecule has 0 fully saturated rings. The molecular formula is C23H18ClF2NO4. The second-order valence-electron chi connectivity index (χ2n) is 6.45. The van der Waals surface area contributed by atoms with Gasteiger partial charge in [-0.15, -0.1) is 0 Å². The molecule has 3 aromatic carbocycles. The van der Waals surface area contributed by atoms with Crippen LogP contribution >= 0.6 is 11.6 Å². The lowest BCUT2D eigenvalue weighted by Crippen LogP contribution is -2.15. The summed E-state index contributed by atoms with van der Waals surface area (Å²) in [6.45, 7) is 0.417. The predicted octanol–water partition coefficient (Wildman–Crippen LogP) is 5.34. The monoisotopic (exact) mass is 445 g/mol. The quantitative estimate of drug-likeness (QED) is 0.394. The van der Waals surface area contributed by atoms with E-state index in [0.717, 1.165) is 12.1 Å². The van der Waals surface area contributed by atoms with Gasteiger partial charge in [0.15, 0.2) is 0 Å².